The first kappa shape index (κ1) is 9.62. The molecule has 14 heavy (non-hydrogen) atoms. The number of aromatic nitrogens is 1. The van der Waals surface area contributed by atoms with E-state index in [0.29, 0.717) is 0 Å². The lowest BCUT2D eigenvalue weighted by Crippen LogP contribution is -1.85. The zero-order chi connectivity index (χ0) is 9.97. The van der Waals surface area contributed by atoms with Gasteiger partial charge in [0.1, 0.15) is 4.64 Å². The summed E-state index contributed by atoms with van der Waals surface area (Å²) in [5, 5.41) is 0. The number of benzene rings is 1. The molecule has 2 rings (SSSR count). The van der Waals surface area contributed by atoms with Crippen LogP contribution < -0.4 is 0 Å². The van der Waals surface area contributed by atoms with Crippen LogP contribution in [-0.4, -0.2) is 3.96 Å². The Morgan fingerprint density at radius 3 is 2.57 bits per heavy atom. The third kappa shape index (κ3) is 1.79. The summed E-state index contributed by atoms with van der Waals surface area (Å²) in [7, 11) is 0. The van der Waals surface area contributed by atoms with Crippen LogP contribution >= 0.6 is 23.8 Å². The monoisotopic (exact) mass is 221 g/mol. The fourth-order valence-corrected chi connectivity index (χ4v) is 2.68. The summed E-state index contributed by atoms with van der Waals surface area (Å²) < 4.78 is 3.05. The molecule has 0 saturated heterocycles. The van der Waals surface area contributed by atoms with Gasteiger partial charge >= 0.3 is 0 Å². The third-order valence-electron chi connectivity index (χ3n) is 2.05. The van der Waals surface area contributed by atoms with Crippen molar-refractivity contribution in [3.05, 3.63) is 41.0 Å². The van der Waals surface area contributed by atoms with Gasteiger partial charge in [-0.1, -0.05) is 54.1 Å². The lowest BCUT2D eigenvalue weighted by atomic mass is 10.2. The summed E-state index contributed by atoms with van der Waals surface area (Å²) in [6.45, 7) is 3.07. The van der Waals surface area contributed by atoms with Gasteiger partial charge in [0.15, 0.2) is 0 Å². The smallest absolute Gasteiger partial charge is 0.116 e. The minimum Gasteiger partial charge on any atom is -0.288 e. The van der Waals surface area contributed by atoms with Crippen LogP contribution in [0.2, 0.25) is 0 Å². The fourth-order valence-electron chi connectivity index (χ4n) is 1.33. The third-order valence-corrected chi connectivity index (χ3v) is 3.73. The highest BCUT2D eigenvalue weighted by Crippen LogP contribution is 2.25. The van der Waals surface area contributed by atoms with Gasteiger partial charge in [0.05, 0.1) is 4.88 Å². The van der Waals surface area contributed by atoms with Crippen LogP contribution in [-0.2, 0) is 6.54 Å². The molecule has 0 amide bonds. The van der Waals surface area contributed by atoms with Crippen molar-refractivity contribution in [1.29, 1.82) is 0 Å². The van der Waals surface area contributed by atoms with Gasteiger partial charge in [-0.05, 0) is 18.6 Å². The molecule has 3 heteroatoms. The van der Waals surface area contributed by atoms with E-state index in [-0.39, 0.29) is 0 Å². The molecular formula is C11H11NS2. The second kappa shape index (κ2) is 4.07. The van der Waals surface area contributed by atoms with E-state index >= 15 is 0 Å². The highest BCUT2D eigenvalue weighted by Gasteiger charge is 2.01. The molecule has 0 radical (unpaired) electrons. The lowest BCUT2D eigenvalue weighted by Gasteiger charge is -1.95. The van der Waals surface area contributed by atoms with Gasteiger partial charge < -0.3 is 0 Å². The molecule has 0 unspecified atom stereocenters. The number of rotatable bonds is 2. The Labute approximate surface area is 92.8 Å². The molecule has 1 aromatic carbocycles. The highest BCUT2D eigenvalue weighted by molar-refractivity contribution is 7.71. The van der Waals surface area contributed by atoms with E-state index in [0.717, 1.165) is 11.2 Å². The Balaban J connectivity index is 2.48. The molecule has 0 aliphatic carbocycles. The van der Waals surface area contributed by atoms with Gasteiger partial charge in [0, 0.05) is 6.54 Å². The van der Waals surface area contributed by atoms with Gasteiger partial charge in [0.2, 0.25) is 0 Å². The summed E-state index contributed by atoms with van der Waals surface area (Å²) in [6.07, 6.45) is 0. The predicted molar refractivity (Wildman–Crippen MR) is 64.3 cm³/mol. The van der Waals surface area contributed by atoms with Crippen molar-refractivity contribution in [3.8, 4) is 10.4 Å². The summed E-state index contributed by atoms with van der Waals surface area (Å²) in [4.78, 5) is 1.25. The first-order valence-electron chi connectivity index (χ1n) is 4.58. The van der Waals surface area contributed by atoms with Crippen molar-refractivity contribution in [1.82, 2.24) is 3.96 Å². The summed E-state index contributed by atoms with van der Waals surface area (Å²) in [5.41, 5.74) is 1.25. The van der Waals surface area contributed by atoms with E-state index in [4.69, 9.17) is 12.2 Å². The maximum absolute atomic E-state index is 5.25. The van der Waals surface area contributed by atoms with E-state index in [1.54, 1.807) is 11.5 Å². The molecule has 1 aromatic heterocycles. The number of aryl methyl sites for hydroxylation is 1. The molecule has 2 aromatic rings. The molecule has 0 aliphatic heterocycles. The van der Waals surface area contributed by atoms with Crippen LogP contribution in [0.1, 0.15) is 6.92 Å². The van der Waals surface area contributed by atoms with Gasteiger partial charge in [-0.25, -0.2) is 0 Å². The standard InChI is InChI=1S/C11H11NS2/c1-2-12-11(13)8-10(14-12)9-6-4-3-5-7-9/h3-8H,2H2,1H3. The molecule has 1 nitrogen and oxygen atoms in total. The first-order chi connectivity index (χ1) is 6.81. The van der Waals surface area contributed by atoms with Crippen LogP contribution in [0.15, 0.2) is 36.4 Å². The van der Waals surface area contributed by atoms with Crippen molar-refractivity contribution < 1.29 is 0 Å². The van der Waals surface area contributed by atoms with Crippen LogP contribution in [0.25, 0.3) is 10.4 Å². The van der Waals surface area contributed by atoms with Crippen molar-refractivity contribution in [2.24, 2.45) is 0 Å². The van der Waals surface area contributed by atoms with E-state index in [9.17, 15) is 0 Å². The molecule has 0 saturated carbocycles. The second-order valence-corrected chi connectivity index (χ2v) is 4.48. The number of nitrogens with zero attached hydrogens (tertiary/aromatic N) is 1. The van der Waals surface area contributed by atoms with Gasteiger partial charge in [0.25, 0.3) is 0 Å². The van der Waals surface area contributed by atoms with Gasteiger partial charge in [-0.2, -0.15) is 0 Å². The molecule has 1 heterocycles. The molecule has 0 atom stereocenters. The molecule has 0 fully saturated rings. The Bertz CT molecular complexity index is 468. The van der Waals surface area contributed by atoms with E-state index in [2.05, 4.69) is 29.1 Å². The van der Waals surface area contributed by atoms with Crippen molar-refractivity contribution in [2.75, 3.05) is 0 Å². The van der Waals surface area contributed by atoms with Crippen molar-refractivity contribution in [3.63, 3.8) is 0 Å². The van der Waals surface area contributed by atoms with Crippen molar-refractivity contribution >= 4 is 23.8 Å². The fraction of sp³-hybridized carbons (Fsp3) is 0.182. The predicted octanol–water partition coefficient (Wildman–Crippen LogP) is 3.97. The second-order valence-electron chi connectivity index (χ2n) is 3.00. The van der Waals surface area contributed by atoms with Crippen LogP contribution in [0.4, 0.5) is 0 Å². The molecular weight excluding hydrogens is 210 g/mol. The Morgan fingerprint density at radius 2 is 2.00 bits per heavy atom. The number of hydrogen-bond acceptors (Lipinski definition) is 2. The summed E-state index contributed by atoms with van der Waals surface area (Å²) >= 11 is 6.97. The molecule has 0 N–H and O–H groups in total. The Hall–Kier alpha value is -0.930. The first-order valence-corrected chi connectivity index (χ1v) is 5.76. The van der Waals surface area contributed by atoms with Crippen LogP contribution in [0.3, 0.4) is 0 Å². The van der Waals surface area contributed by atoms with E-state index < -0.39 is 0 Å². The summed E-state index contributed by atoms with van der Waals surface area (Å²) in [6, 6.07) is 12.4. The lowest BCUT2D eigenvalue weighted by molar-refractivity contribution is 0.828. The summed E-state index contributed by atoms with van der Waals surface area (Å²) in [5.74, 6) is 0. The highest BCUT2D eigenvalue weighted by atomic mass is 32.1. The molecule has 0 bridgehead atoms. The van der Waals surface area contributed by atoms with Crippen molar-refractivity contribution in [2.45, 2.75) is 13.5 Å². The molecule has 72 valence electrons. The maximum atomic E-state index is 5.25. The average molecular weight is 221 g/mol. The minimum atomic E-state index is 0.927. The largest absolute Gasteiger partial charge is 0.288 e. The Morgan fingerprint density at radius 1 is 1.29 bits per heavy atom. The Kier molecular flexibility index (Phi) is 2.79. The molecule has 0 spiro atoms. The maximum Gasteiger partial charge on any atom is 0.116 e. The van der Waals surface area contributed by atoms with Crippen LogP contribution in [0, 0.1) is 4.64 Å². The van der Waals surface area contributed by atoms with E-state index in [1.807, 2.05) is 18.2 Å². The SMILES string of the molecule is CCn1sc(-c2ccccc2)cc1=S. The number of hydrogen-bond donors (Lipinski definition) is 0. The zero-order valence-electron chi connectivity index (χ0n) is 7.93. The van der Waals surface area contributed by atoms with Gasteiger partial charge in [-0.3, -0.25) is 3.96 Å². The van der Waals surface area contributed by atoms with Gasteiger partial charge in [-0.15, -0.1) is 0 Å². The van der Waals surface area contributed by atoms with Crippen LogP contribution in [0.5, 0.6) is 0 Å². The quantitative estimate of drug-likeness (QED) is 0.695. The normalized spacial score (nSPS) is 10.4. The topological polar surface area (TPSA) is 4.93 Å². The zero-order valence-corrected chi connectivity index (χ0v) is 9.57. The average Bonchev–Trinajstić information content (AvgIpc) is 2.61. The molecule has 0 aliphatic rings. The minimum absolute atomic E-state index is 0.927. The van der Waals surface area contributed by atoms with E-state index in [1.165, 1.54) is 10.4 Å².